The van der Waals surface area contributed by atoms with Crippen LogP contribution in [0.25, 0.3) is 5.69 Å². The summed E-state index contributed by atoms with van der Waals surface area (Å²) in [5.74, 6) is 0. The van der Waals surface area contributed by atoms with E-state index in [1.165, 1.54) is 0 Å². The molecular formula is C10H12N4. The molecule has 1 aromatic heterocycles. The molecule has 0 radical (unpaired) electrons. The van der Waals surface area contributed by atoms with Gasteiger partial charge in [0, 0.05) is 30.3 Å². The van der Waals surface area contributed by atoms with Crippen molar-refractivity contribution in [2.24, 2.45) is 5.73 Å². The first kappa shape index (κ1) is 8.77. The lowest BCUT2D eigenvalue weighted by Crippen LogP contribution is -2.03. The van der Waals surface area contributed by atoms with E-state index in [1.807, 2.05) is 29.0 Å². The Morgan fingerprint density at radius 3 is 2.86 bits per heavy atom. The zero-order valence-electron chi connectivity index (χ0n) is 7.72. The largest absolute Gasteiger partial charge is 0.398 e. The first-order valence-electron chi connectivity index (χ1n) is 4.38. The fourth-order valence-electron chi connectivity index (χ4n) is 1.34. The zero-order valence-corrected chi connectivity index (χ0v) is 7.72. The Balaban J connectivity index is 2.46. The molecule has 0 saturated carbocycles. The Labute approximate surface area is 82.2 Å². The van der Waals surface area contributed by atoms with Gasteiger partial charge in [0.15, 0.2) is 0 Å². The van der Waals surface area contributed by atoms with Crippen LogP contribution in [-0.4, -0.2) is 9.55 Å². The van der Waals surface area contributed by atoms with Gasteiger partial charge in [0.05, 0.1) is 6.33 Å². The topological polar surface area (TPSA) is 69.9 Å². The van der Waals surface area contributed by atoms with Crippen LogP contribution < -0.4 is 11.5 Å². The highest BCUT2D eigenvalue weighted by Gasteiger charge is 2.00. The van der Waals surface area contributed by atoms with Crippen molar-refractivity contribution in [3.05, 3.63) is 42.5 Å². The van der Waals surface area contributed by atoms with Crippen molar-refractivity contribution in [1.29, 1.82) is 0 Å². The highest BCUT2D eigenvalue weighted by atomic mass is 15.0. The summed E-state index contributed by atoms with van der Waals surface area (Å²) in [6, 6.07) is 5.77. The van der Waals surface area contributed by atoms with Gasteiger partial charge in [-0.2, -0.15) is 0 Å². The summed E-state index contributed by atoms with van der Waals surface area (Å²) in [7, 11) is 0. The molecule has 2 aromatic rings. The number of nitrogens with two attached hydrogens (primary N) is 2. The van der Waals surface area contributed by atoms with Gasteiger partial charge in [0.2, 0.25) is 0 Å². The van der Waals surface area contributed by atoms with Crippen LogP contribution in [0.5, 0.6) is 0 Å². The molecule has 0 aliphatic rings. The normalized spacial score (nSPS) is 10.4. The van der Waals surface area contributed by atoms with Gasteiger partial charge in [-0.15, -0.1) is 0 Å². The molecule has 0 amide bonds. The van der Waals surface area contributed by atoms with Crippen molar-refractivity contribution < 1.29 is 0 Å². The molecule has 1 heterocycles. The Hall–Kier alpha value is -1.81. The Morgan fingerprint density at radius 2 is 2.21 bits per heavy atom. The predicted octanol–water partition coefficient (Wildman–Crippen LogP) is 0.913. The van der Waals surface area contributed by atoms with Crippen molar-refractivity contribution in [3.63, 3.8) is 0 Å². The molecule has 0 fully saturated rings. The molecule has 0 saturated heterocycles. The zero-order chi connectivity index (χ0) is 9.97. The summed E-state index contributed by atoms with van der Waals surface area (Å²) in [4.78, 5) is 3.98. The third kappa shape index (κ3) is 1.47. The average Bonchev–Trinajstić information content (AvgIpc) is 2.71. The second kappa shape index (κ2) is 3.51. The number of rotatable bonds is 2. The van der Waals surface area contributed by atoms with Gasteiger partial charge < -0.3 is 16.0 Å². The molecule has 1 aromatic carbocycles. The van der Waals surface area contributed by atoms with Gasteiger partial charge >= 0.3 is 0 Å². The van der Waals surface area contributed by atoms with Gasteiger partial charge in [-0.3, -0.25) is 0 Å². The molecule has 4 nitrogen and oxygen atoms in total. The lowest BCUT2D eigenvalue weighted by Gasteiger charge is -2.06. The second-order valence-electron chi connectivity index (χ2n) is 3.06. The molecule has 0 atom stereocenters. The summed E-state index contributed by atoms with van der Waals surface area (Å²) in [6.45, 7) is 0.453. The number of hydrogen-bond acceptors (Lipinski definition) is 3. The minimum absolute atomic E-state index is 0.453. The average molecular weight is 188 g/mol. The van der Waals surface area contributed by atoms with Crippen LogP contribution in [0, 0.1) is 0 Å². The van der Waals surface area contributed by atoms with E-state index in [9.17, 15) is 0 Å². The lowest BCUT2D eigenvalue weighted by molar-refractivity contribution is 1.03. The van der Waals surface area contributed by atoms with E-state index in [4.69, 9.17) is 11.5 Å². The van der Waals surface area contributed by atoms with Crippen LogP contribution in [0.1, 0.15) is 5.56 Å². The van der Waals surface area contributed by atoms with E-state index in [0.29, 0.717) is 6.54 Å². The Kier molecular flexibility index (Phi) is 2.20. The molecule has 2 rings (SSSR count). The highest BCUT2D eigenvalue weighted by molar-refractivity contribution is 5.52. The fourth-order valence-corrected chi connectivity index (χ4v) is 1.34. The predicted molar refractivity (Wildman–Crippen MR) is 55.9 cm³/mol. The standard InChI is InChI=1S/C10H12N4/c11-6-8-5-9(1-2-10(8)12)14-4-3-13-7-14/h1-5,7H,6,11-12H2. The maximum atomic E-state index is 5.75. The number of aromatic nitrogens is 2. The first-order chi connectivity index (χ1) is 6.81. The van der Waals surface area contributed by atoms with E-state index in [0.717, 1.165) is 16.9 Å². The molecule has 14 heavy (non-hydrogen) atoms. The van der Waals surface area contributed by atoms with Gasteiger partial charge in [-0.05, 0) is 23.8 Å². The molecule has 0 aliphatic carbocycles. The summed E-state index contributed by atoms with van der Waals surface area (Å²) in [6.07, 6.45) is 5.36. The maximum Gasteiger partial charge on any atom is 0.0991 e. The van der Waals surface area contributed by atoms with Crippen LogP contribution in [0.2, 0.25) is 0 Å². The summed E-state index contributed by atoms with van der Waals surface area (Å²) in [5, 5.41) is 0. The molecule has 72 valence electrons. The summed E-state index contributed by atoms with van der Waals surface area (Å²) in [5.41, 5.74) is 14.0. The van der Waals surface area contributed by atoms with Gasteiger partial charge in [-0.25, -0.2) is 4.98 Å². The van der Waals surface area contributed by atoms with E-state index in [1.54, 1.807) is 12.5 Å². The summed E-state index contributed by atoms with van der Waals surface area (Å²) < 4.78 is 1.92. The number of anilines is 1. The van der Waals surface area contributed by atoms with E-state index >= 15 is 0 Å². The van der Waals surface area contributed by atoms with E-state index in [2.05, 4.69) is 4.98 Å². The highest BCUT2D eigenvalue weighted by Crippen LogP contribution is 2.16. The van der Waals surface area contributed by atoms with Crippen LogP contribution in [-0.2, 0) is 6.54 Å². The minimum atomic E-state index is 0.453. The molecule has 0 unspecified atom stereocenters. The van der Waals surface area contributed by atoms with Crippen molar-refractivity contribution in [2.45, 2.75) is 6.54 Å². The lowest BCUT2D eigenvalue weighted by atomic mass is 10.1. The maximum absolute atomic E-state index is 5.75. The molecule has 4 heteroatoms. The number of benzene rings is 1. The molecular weight excluding hydrogens is 176 g/mol. The van der Waals surface area contributed by atoms with Gasteiger partial charge in [-0.1, -0.05) is 0 Å². The van der Waals surface area contributed by atoms with Crippen LogP contribution >= 0.6 is 0 Å². The SMILES string of the molecule is NCc1cc(-n2ccnc2)ccc1N. The fraction of sp³-hybridized carbons (Fsp3) is 0.100. The molecule has 0 bridgehead atoms. The van der Waals surface area contributed by atoms with Crippen LogP contribution in [0.3, 0.4) is 0 Å². The van der Waals surface area contributed by atoms with Gasteiger partial charge in [0.1, 0.15) is 0 Å². The smallest absolute Gasteiger partial charge is 0.0991 e. The van der Waals surface area contributed by atoms with E-state index < -0.39 is 0 Å². The van der Waals surface area contributed by atoms with Crippen molar-refractivity contribution in [2.75, 3.05) is 5.73 Å². The van der Waals surface area contributed by atoms with Crippen molar-refractivity contribution in [3.8, 4) is 5.69 Å². The Bertz CT molecular complexity index is 420. The minimum Gasteiger partial charge on any atom is -0.398 e. The van der Waals surface area contributed by atoms with E-state index in [-0.39, 0.29) is 0 Å². The van der Waals surface area contributed by atoms with Crippen molar-refractivity contribution in [1.82, 2.24) is 9.55 Å². The second-order valence-corrected chi connectivity index (χ2v) is 3.06. The number of hydrogen-bond donors (Lipinski definition) is 2. The monoisotopic (exact) mass is 188 g/mol. The number of imidazole rings is 1. The Morgan fingerprint density at radius 1 is 1.36 bits per heavy atom. The molecule has 4 N–H and O–H groups in total. The van der Waals surface area contributed by atoms with Gasteiger partial charge in [0.25, 0.3) is 0 Å². The number of nitrogen functional groups attached to an aromatic ring is 1. The first-order valence-corrected chi connectivity index (χ1v) is 4.38. The molecule has 0 aliphatic heterocycles. The van der Waals surface area contributed by atoms with Crippen molar-refractivity contribution >= 4 is 5.69 Å². The quantitative estimate of drug-likeness (QED) is 0.688. The number of nitrogens with zero attached hydrogens (tertiary/aromatic N) is 2. The van der Waals surface area contributed by atoms with Crippen LogP contribution in [0.4, 0.5) is 5.69 Å². The molecule has 0 spiro atoms. The van der Waals surface area contributed by atoms with Crippen LogP contribution in [0.15, 0.2) is 36.9 Å². The summed E-state index contributed by atoms with van der Waals surface area (Å²) >= 11 is 0. The third-order valence-electron chi connectivity index (χ3n) is 2.15. The third-order valence-corrected chi connectivity index (χ3v) is 2.15.